The minimum atomic E-state index is -0.549. The van der Waals surface area contributed by atoms with Gasteiger partial charge < -0.3 is 45.4 Å². The number of ether oxygens (including phenoxy) is 5. The Balaban J connectivity index is 1.17. The second-order valence-corrected chi connectivity index (χ2v) is 15.5. The summed E-state index contributed by atoms with van der Waals surface area (Å²) in [6, 6.07) is 42.2. The summed E-state index contributed by atoms with van der Waals surface area (Å²) in [4.78, 5) is 53.9. The van der Waals surface area contributed by atoms with E-state index in [1.165, 1.54) is 19.2 Å². The van der Waals surface area contributed by atoms with Crippen molar-refractivity contribution in [2.75, 3.05) is 35.4 Å². The number of rotatable bonds is 18. The molecule has 0 aliphatic heterocycles. The zero-order valence-corrected chi connectivity index (χ0v) is 37.0. The summed E-state index contributed by atoms with van der Waals surface area (Å²) >= 11 is 0. The van der Waals surface area contributed by atoms with Gasteiger partial charge in [0.25, 0.3) is 17.7 Å². The van der Waals surface area contributed by atoms with Crippen LogP contribution in [-0.4, -0.2) is 43.5 Å². The van der Waals surface area contributed by atoms with Gasteiger partial charge in [-0.1, -0.05) is 73.7 Å². The van der Waals surface area contributed by atoms with Crippen molar-refractivity contribution < 1.29 is 42.9 Å². The SMILES string of the molecule is CCCOc1cc(C(=O)Nc2ccc(C(=O)Nc3ccc(C(=O)Nc4ccc(C(=O)OC)cc4OC(C)C)cc3OCc3ccc4ccccc4c3)cc2OCc2ccccc2)ccc1N. The minimum absolute atomic E-state index is 0.117. The molecule has 336 valence electrons. The van der Waals surface area contributed by atoms with Crippen molar-refractivity contribution in [2.24, 2.45) is 0 Å². The van der Waals surface area contributed by atoms with Gasteiger partial charge in [0.2, 0.25) is 0 Å². The van der Waals surface area contributed by atoms with Crippen LogP contribution in [0.4, 0.5) is 22.7 Å². The molecule has 0 bridgehead atoms. The number of carbonyl (C=O) groups is 4. The predicted octanol–water partition coefficient (Wildman–Crippen LogP) is 10.7. The molecule has 0 aromatic heterocycles. The number of fused-ring (bicyclic) bond motifs is 1. The van der Waals surface area contributed by atoms with E-state index in [4.69, 9.17) is 29.4 Å². The fourth-order valence-corrected chi connectivity index (χ4v) is 6.82. The molecule has 0 aliphatic rings. The van der Waals surface area contributed by atoms with E-state index in [1.807, 2.05) is 93.6 Å². The zero-order valence-electron chi connectivity index (χ0n) is 37.0. The Hall–Kier alpha value is -8.32. The van der Waals surface area contributed by atoms with E-state index in [9.17, 15) is 19.2 Å². The number of nitrogens with one attached hydrogen (secondary N) is 3. The minimum Gasteiger partial charge on any atom is -0.491 e. The van der Waals surface area contributed by atoms with E-state index in [-0.39, 0.29) is 58.9 Å². The lowest BCUT2D eigenvalue weighted by atomic mass is 10.1. The molecule has 0 heterocycles. The van der Waals surface area contributed by atoms with Gasteiger partial charge in [-0.25, -0.2) is 4.79 Å². The van der Waals surface area contributed by atoms with Crippen molar-refractivity contribution >= 4 is 57.2 Å². The molecule has 0 fully saturated rings. The molecule has 0 aliphatic carbocycles. The number of anilines is 4. The van der Waals surface area contributed by atoms with Crippen molar-refractivity contribution in [1.82, 2.24) is 0 Å². The molecule has 0 radical (unpaired) electrons. The first kappa shape index (κ1) is 45.7. The maximum Gasteiger partial charge on any atom is 0.337 e. The number of nitrogen functional groups attached to an aromatic ring is 1. The first-order valence-electron chi connectivity index (χ1n) is 21.4. The maximum absolute atomic E-state index is 14.1. The molecular weight excluding hydrogens is 837 g/mol. The van der Waals surface area contributed by atoms with Crippen molar-refractivity contribution in [1.29, 1.82) is 0 Å². The third-order valence-corrected chi connectivity index (χ3v) is 10.2. The maximum atomic E-state index is 14.1. The van der Waals surface area contributed by atoms with Crippen molar-refractivity contribution in [2.45, 2.75) is 46.5 Å². The molecule has 66 heavy (non-hydrogen) atoms. The normalized spacial score (nSPS) is 10.8. The molecule has 0 spiro atoms. The van der Waals surface area contributed by atoms with Gasteiger partial charge in [-0.3, -0.25) is 14.4 Å². The first-order chi connectivity index (χ1) is 32.0. The summed E-state index contributed by atoms with van der Waals surface area (Å²) in [6.07, 6.45) is 0.508. The lowest BCUT2D eigenvalue weighted by molar-refractivity contribution is 0.0599. The van der Waals surface area contributed by atoms with Gasteiger partial charge in [-0.15, -0.1) is 0 Å². The van der Waals surface area contributed by atoms with Crippen LogP contribution < -0.4 is 40.6 Å². The molecule has 7 rings (SSSR count). The second-order valence-electron chi connectivity index (χ2n) is 15.5. The van der Waals surface area contributed by atoms with Gasteiger partial charge in [0.1, 0.15) is 36.2 Å². The van der Waals surface area contributed by atoms with Crippen molar-refractivity contribution in [3.05, 3.63) is 179 Å². The Morgan fingerprint density at radius 1 is 0.515 bits per heavy atom. The Morgan fingerprint density at radius 2 is 1.02 bits per heavy atom. The molecule has 7 aromatic rings. The Kier molecular flexibility index (Phi) is 14.8. The van der Waals surface area contributed by atoms with Crippen LogP contribution >= 0.6 is 0 Å². The third-order valence-electron chi connectivity index (χ3n) is 10.2. The van der Waals surface area contributed by atoms with Crippen LogP contribution in [0.1, 0.15) is 79.8 Å². The Labute approximate surface area is 382 Å². The van der Waals surface area contributed by atoms with Crippen LogP contribution in [0.25, 0.3) is 10.8 Å². The number of carbonyl (C=O) groups excluding carboxylic acids is 4. The van der Waals surface area contributed by atoms with E-state index in [0.29, 0.717) is 35.0 Å². The molecule has 0 unspecified atom stereocenters. The van der Waals surface area contributed by atoms with E-state index in [1.54, 1.807) is 60.7 Å². The van der Waals surface area contributed by atoms with E-state index < -0.39 is 23.7 Å². The molecule has 3 amide bonds. The van der Waals surface area contributed by atoms with Gasteiger partial charge in [-0.05, 0) is 121 Å². The Morgan fingerprint density at radius 3 is 1.59 bits per heavy atom. The monoisotopic (exact) mass is 886 g/mol. The van der Waals surface area contributed by atoms with Crippen LogP contribution in [0.2, 0.25) is 0 Å². The molecule has 0 saturated heterocycles. The number of amides is 3. The summed E-state index contributed by atoms with van der Waals surface area (Å²) in [5.41, 5.74) is 10.2. The summed E-state index contributed by atoms with van der Waals surface area (Å²) in [7, 11) is 1.29. The number of benzene rings is 7. The average Bonchev–Trinajstić information content (AvgIpc) is 3.33. The van der Waals surface area contributed by atoms with Gasteiger partial charge in [0, 0.05) is 16.7 Å². The standard InChI is InChI=1S/C53H50N4O9/c1-5-25-63-46-27-38(17-21-42(46)54)50(58)55-43-22-18-39(28-47(43)64-31-34-11-7-6-8-12-34)51(59)56-44-23-19-40(29-48(44)65-32-35-15-16-36-13-9-10-14-37(36)26-35)52(60)57-45-24-20-41(53(61)62-4)30-49(45)66-33(2)3/h6-24,26-30,33H,5,25,31-32,54H2,1-4H3,(H,55,58)(H,56,59)(H,57,60). The van der Waals surface area contributed by atoms with E-state index in [0.717, 1.165) is 28.3 Å². The highest BCUT2D eigenvalue weighted by atomic mass is 16.5. The summed E-state index contributed by atoms with van der Waals surface area (Å²) in [5, 5.41) is 10.8. The number of esters is 1. The lowest BCUT2D eigenvalue weighted by Gasteiger charge is -2.18. The van der Waals surface area contributed by atoms with Crippen LogP contribution in [0.5, 0.6) is 23.0 Å². The largest absolute Gasteiger partial charge is 0.491 e. The third kappa shape index (κ3) is 11.6. The van der Waals surface area contributed by atoms with E-state index in [2.05, 4.69) is 16.0 Å². The summed E-state index contributed by atoms with van der Waals surface area (Å²) < 4.78 is 29.2. The smallest absolute Gasteiger partial charge is 0.337 e. The summed E-state index contributed by atoms with van der Waals surface area (Å²) in [5.74, 6) is -0.829. The molecule has 13 heteroatoms. The van der Waals surface area contributed by atoms with Crippen LogP contribution in [0, 0.1) is 0 Å². The quantitative estimate of drug-likeness (QED) is 0.0479. The average molecular weight is 887 g/mol. The topological polar surface area (TPSA) is 177 Å². The molecular formula is C53H50N4O9. The Bertz CT molecular complexity index is 2880. The number of hydrogen-bond acceptors (Lipinski definition) is 10. The molecule has 13 nitrogen and oxygen atoms in total. The predicted molar refractivity (Wildman–Crippen MR) is 256 cm³/mol. The van der Waals surface area contributed by atoms with Gasteiger partial charge in [0.05, 0.1) is 48.1 Å². The molecule has 0 atom stereocenters. The second kappa shape index (κ2) is 21.4. The molecule has 7 aromatic carbocycles. The highest BCUT2D eigenvalue weighted by molar-refractivity contribution is 6.09. The lowest BCUT2D eigenvalue weighted by Crippen LogP contribution is -2.17. The first-order valence-corrected chi connectivity index (χ1v) is 21.4. The highest BCUT2D eigenvalue weighted by Gasteiger charge is 2.20. The zero-order chi connectivity index (χ0) is 46.6. The fraction of sp³-hybridized carbons (Fsp3) is 0.170. The highest BCUT2D eigenvalue weighted by Crippen LogP contribution is 2.33. The van der Waals surface area contributed by atoms with Crippen molar-refractivity contribution in [3.8, 4) is 23.0 Å². The van der Waals surface area contributed by atoms with Crippen molar-refractivity contribution in [3.63, 3.8) is 0 Å². The van der Waals surface area contributed by atoms with Gasteiger partial charge >= 0.3 is 5.97 Å². The number of nitrogens with two attached hydrogens (primary N) is 1. The van der Waals surface area contributed by atoms with Gasteiger partial charge in [0.15, 0.2) is 0 Å². The fourth-order valence-electron chi connectivity index (χ4n) is 6.82. The van der Waals surface area contributed by atoms with E-state index >= 15 is 0 Å². The van der Waals surface area contributed by atoms with Gasteiger partial charge in [-0.2, -0.15) is 0 Å². The summed E-state index contributed by atoms with van der Waals surface area (Å²) in [6.45, 7) is 6.35. The molecule has 0 saturated carbocycles. The number of hydrogen-bond donors (Lipinski definition) is 4. The van der Waals surface area contributed by atoms with Crippen LogP contribution in [-0.2, 0) is 18.0 Å². The van der Waals surface area contributed by atoms with Crippen LogP contribution in [0.3, 0.4) is 0 Å². The molecule has 5 N–H and O–H groups in total. The number of methoxy groups -OCH3 is 1. The van der Waals surface area contributed by atoms with Crippen LogP contribution in [0.15, 0.2) is 146 Å².